The molecule has 2 amide bonds. The van der Waals surface area contributed by atoms with E-state index in [1.807, 2.05) is 30.3 Å². The molecule has 6 heteroatoms. The van der Waals surface area contributed by atoms with Crippen LogP contribution in [-0.2, 0) is 19.2 Å². The summed E-state index contributed by atoms with van der Waals surface area (Å²) in [6.07, 6.45) is 4.05. The van der Waals surface area contributed by atoms with Crippen molar-refractivity contribution in [3.05, 3.63) is 76.4 Å². The molecule has 1 heterocycles. The first-order chi connectivity index (χ1) is 15.9. The quantitative estimate of drug-likeness (QED) is 0.404. The fraction of sp³-hybridized carbons (Fsp3) is 0.259. The van der Waals surface area contributed by atoms with E-state index in [2.05, 4.69) is 5.32 Å². The van der Waals surface area contributed by atoms with E-state index in [0.717, 1.165) is 16.5 Å². The third kappa shape index (κ3) is 2.67. The van der Waals surface area contributed by atoms with Crippen LogP contribution in [0.25, 0.3) is 10.8 Å². The highest BCUT2D eigenvalue weighted by atomic mass is 16.3. The van der Waals surface area contributed by atoms with Gasteiger partial charge in [-0.25, -0.2) is 0 Å². The molecule has 0 saturated carbocycles. The number of phenols is 1. The van der Waals surface area contributed by atoms with E-state index in [-0.39, 0.29) is 41.5 Å². The summed E-state index contributed by atoms with van der Waals surface area (Å²) in [5.41, 5.74) is 3.01. The smallest absolute Gasteiger partial charge is 0.231 e. The molecular formula is C27H21NO5. The summed E-state index contributed by atoms with van der Waals surface area (Å²) in [4.78, 5) is 51.6. The van der Waals surface area contributed by atoms with E-state index in [0.29, 0.717) is 28.5 Å². The molecule has 33 heavy (non-hydrogen) atoms. The standard InChI is InChI=1S/C27H21NO5/c1-12-10-21(30)19-11-18-16(6-7-17-23(18)27(33)28-26(17)32)22(24(19)25(12)31)15-8-9-20(29)14-5-3-2-4-13(14)15/h2-6,8-10,17-18,22-23,29H,7,11H2,1H3,(H,28,32,33). The van der Waals surface area contributed by atoms with Crippen molar-refractivity contribution in [1.82, 2.24) is 5.32 Å². The van der Waals surface area contributed by atoms with Gasteiger partial charge in [-0.2, -0.15) is 0 Å². The van der Waals surface area contributed by atoms with Gasteiger partial charge in [-0.05, 0) is 48.8 Å². The first-order valence-corrected chi connectivity index (χ1v) is 11.1. The highest BCUT2D eigenvalue weighted by Gasteiger charge is 2.53. The van der Waals surface area contributed by atoms with Crippen LogP contribution in [0.15, 0.2) is 70.8 Å². The molecule has 164 valence electrons. The lowest BCUT2D eigenvalue weighted by molar-refractivity contribution is -0.126. The highest BCUT2D eigenvalue weighted by molar-refractivity contribution is 6.24. The molecule has 1 saturated heterocycles. The van der Waals surface area contributed by atoms with Gasteiger partial charge in [0, 0.05) is 28.0 Å². The lowest BCUT2D eigenvalue weighted by Gasteiger charge is -2.42. The molecule has 3 aliphatic carbocycles. The number of amides is 2. The van der Waals surface area contributed by atoms with Crippen molar-refractivity contribution in [2.45, 2.75) is 25.7 Å². The zero-order chi connectivity index (χ0) is 23.0. The maximum absolute atomic E-state index is 13.4. The molecule has 2 aromatic carbocycles. The van der Waals surface area contributed by atoms with Gasteiger partial charge in [-0.15, -0.1) is 0 Å². The van der Waals surface area contributed by atoms with Crippen molar-refractivity contribution in [3.63, 3.8) is 0 Å². The number of rotatable bonds is 1. The average molecular weight is 439 g/mol. The van der Waals surface area contributed by atoms with Gasteiger partial charge in [-0.1, -0.05) is 42.0 Å². The van der Waals surface area contributed by atoms with Crippen LogP contribution in [-0.4, -0.2) is 28.5 Å². The van der Waals surface area contributed by atoms with E-state index in [4.69, 9.17) is 0 Å². The lowest BCUT2D eigenvalue weighted by Crippen LogP contribution is -2.39. The third-order valence-corrected chi connectivity index (χ3v) is 7.65. The average Bonchev–Trinajstić information content (AvgIpc) is 3.10. The molecule has 6 rings (SSSR count). The molecule has 6 nitrogen and oxygen atoms in total. The Bertz CT molecular complexity index is 1410. The van der Waals surface area contributed by atoms with Crippen LogP contribution in [0.2, 0.25) is 0 Å². The molecule has 2 N–H and O–H groups in total. The second kappa shape index (κ2) is 6.85. The maximum Gasteiger partial charge on any atom is 0.231 e. The topological polar surface area (TPSA) is 101 Å². The number of ketones is 2. The zero-order valence-corrected chi connectivity index (χ0v) is 17.9. The molecular weight excluding hydrogens is 418 g/mol. The van der Waals surface area contributed by atoms with E-state index >= 15 is 0 Å². The van der Waals surface area contributed by atoms with Crippen LogP contribution in [0, 0.1) is 17.8 Å². The van der Waals surface area contributed by atoms with Crippen molar-refractivity contribution in [3.8, 4) is 5.75 Å². The van der Waals surface area contributed by atoms with Gasteiger partial charge in [0.05, 0.1) is 11.8 Å². The van der Waals surface area contributed by atoms with Crippen molar-refractivity contribution >= 4 is 34.2 Å². The summed E-state index contributed by atoms with van der Waals surface area (Å²) in [6, 6.07) is 10.8. The predicted octanol–water partition coefficient (Wildman–Crippen LogP) is 3.26. The van der Waals surface area contributed by atoms with Gasteiger partial charge in [0.2, 0.25) is 11.8 Å². The minimum Gasteiger partial charge on any atom is -0.507 e. The first-order valence-electron chi connectivity index (χ1n) is 11.1. The fourth-order valence-electron chi connectivity index (χ4n) is 6.19. The molecule has 2 aromatic rings. The Kier molecular flexibility index (Phi) is 4.12. The largest absolute Gasteiger partial charge is 0.507 e. The van der Waals surface area contributed by atoms with E-state index in [1.54, 1.807) is 19.1 Å². The fourth-order valence-corrected chi connectivity index (χ4v) is 6.19. The molecule has 0 aromatic heterocycles. The first kappa shape index (κ1) is 19.9. The SMILES string of the molecule is CC1=CC(=O)C2=C(C1=O)C(c1ccc(O)c3ccccc13)C1=CCC3C(=O)NC(=O)C3C1C2. The number of allylic oxidation sites excluding steroid dienone is 6. The van der Waals surface area contributed by atoms with Gasteiger partial charge in [0.15, 0.2) is 11.6 Å². The Morgan fingerprint density at radius 2 is 1.70 bits per heavy atom. The Morgan fingerprint density at radius 1 is 0.939 bits per heavy atom. The molecule has 0 radical (unpaired) electrons. The Morgan fingerprint density at radius 3 is 2.48 bits per heavy atom. The summed E-state index contributed by atoms with van der Waals surface area (Å²) in [7, 11) is 0. The summed E-state index contributed by atoms with van der Waals surface area (Å²) in [5.74, 6) is -2.67. The minimum absolute atomic E-state index is 0.136. The van der Waals surface area contributed by atoms with Crippen LogP contribution in [0.4, 0.5) is 0 Å². The number of aromatic hydroxyl groups is 1. The molecule has 0 spiro atoms. The molecule has 1 fully saturated rings. The van der Waals surface area contributed by atoms with E-state index < -0.39 is 17.8 Å². The van der Waals surface area contributed by atoms with Gasteiger partial charge < -0.3 is 5.11 Å². The normalized spacial score (nSPS) is 28.8. The third-order valence-electron chi connectivity index (χ3n) is 7.65. The summed E-state index contributed by atoms with van der Waals surface area (Å²) >= 11 is 0. The van der Waals surface area contributed by atoms with Crippen LogP contribution in [0.5, 0.6) is 5.75 Å². The zero-order valence-electron chi connectivity index (χ0n) is 17.9. The van der Waals surface area contributed by atoms with E-state index in [1.165, 1.54) is 6.08 Å². The highest BCUT2D eigenvalue weighted by Crippen LogP contribution is 2.55. The number of hydrogen-bond acceptors (Lipinski definition) is 5. The summed E-state index contributed by atoms with van der Waals surface area (Å²) in [6.45, 7) is 1.65. The molecule has 0 bridgehead atoms. The van der Waals surface area contributed by atoms with Gasteiger partial charge in [-0.3, -0.25) is 24.5 Å². The second-order valence-electron chi connectivity index (χ2n) is 9.30. The number of hydrogen-bond donors (Lipinski definition) is 2. The van der Waals surface area contributed by atoms with Crippen LogP contribution >= 0.6 is 0 Å². The van der Waals surface area contributed by atoms with Gasteiger partial charge in [0.25, 0.3) is 0 Å². The van der Waals surface area contributed by atoms with Crippen LogP contribution < -0.4 is 5.32 Å². The molecule has 4 aliphatic rings. The summed E-state index contributed by atoms with van der Waals surface area (Å²) < 4.78 is 0. The van der Waals surface area contributed by atoms with Crippen LogP contribution in [0.3, 0.4) is 0 Å². The number of benzene rings is 2. The molecule has 1 aliphatic heterocycles. The predicted molar refractivity (Wildman–Crippen MR) is 120 cm³/mol. The van der Waals surface area contributed by atoms with E-state index in [9.17, 15) is 24.3 Å². The second-order valence-corrected chi connectivity index (χ2v) is 9.30. The number of carbonyl (C=O) groups is 4. The monoisotopic (exact) mass is 439 g/mol. The number of imide groups is 1. The van der Waals surface area contributed by atoms with Gasteiger partial charge in [0.1, 0.15) is 5.75 Å². The Hall–Kier alpha value is -3.80. The summed E-state index contributed by atoms with van der Waals surface area (Å²) in [5, 5.41) is 14.3. The van der Waals surface area contributed by atoms with Crippen LogP contribution in [0.1, 0.15) is 31.2 Å². The van der Waals surface area contributed by atoms with Crippen molar-refractivity contribution < 1.29 is 24.3 Å². The molecule has 4 unspecified atom stereocenters. The van der Waals surface area contributed by atoms with Crippen molar-refractivity contribution in [2.24, 2.45) is 17.8 Å². The number of nitrogens with one attached hydrogen (secondary N) is 1. The Labute approximate surface area is 189 Å². The Balaban J connectivity index is 1.63. The minimum atomic E-state index is -0.549. The number of Topliss-reactive ketones (excluding diaryl/α,β-unsaturated/α-hetero) is 1. The molecule has 4 atom stereocenters. The number of fused-ring (bicyclic) bond motifs is 4. The van der Waals surface area contributed by atoms with Crippen molar-refractivity contribution in [2.75, 3.05) is 0 Å². The number of carbonyl (C=O) groups excluding carboxylic acids is 4. The van der Waals surface area contributed by atoms with Crippen molar-refractivity contribution in [1.29, 1.82) is 0 Å². The van der Waals surface area contributed by atoms with Gasteiger partial charge >= 0.3 is 0 Å². The lowest BCUT2D eigenvalue weighted by atomic mass is 9.59. The number of phenolic OH excluding ortho intramolecular Hbond substituents is 1. The maximum atomic E-state index is 13.4.